The zero-order valence-electron chi connectivity index (χ0n) is 13.5. The molecule has 5 nitrogen and oxygen atoms in total. The largest absolute Gasteiger partial charge is 0.394 e. The molecule has 0 spiro atoms. The van der Waals surface area contributed by atoms with Gasteiger partial charge in [-0.2, -0.15) is 0 Å². The zero-order chi connectivity index (χ0) is 15.8. The maximum Gasteiger partial charge on any atom is 0.317 e. The molecule has 1 rings (SSSR count). The van der Waals surface area contributed by atoms with Crippen molar-refractivity contribution in [3.63, 3.8) is 0 Å². The molecule has 1 aromatic rings. The molecule has 2 N–H and O–H groups in total. The highest BCUT2D eigenvalue weighted by molar-refractivity contribution is 5.74. The number of carbonyl (C=O) groups is 1. The van der Waals surface area contributed by atoms with Crippen LogP contribution in [-0.4, -0.2) is 55.4 Å². The van der Waals surface area contributed by atoms with Crippen molar-refractivity contribution in [1.29, 1.82) is 0 Å². The second-order valence-corrected chi connectivity index (χ2v) is 5.24. The number of aliphatic hydroxyl groups excluding tert-OH is 1. The molecule has 0 aliphatic heterocycles. The van der Waals surface area contributed by atoms with Gasteiger partial charge in [0.15, 0.2) is 0 Å². The lowest BCUT2D eigenvalue weighted by atomic mass is 10.2. The van der Waals surface area contributed by atoms with Gasteiger partial charge in [-0.3, -0.25) is 0 Å². The average Bonchev–Trinajstić information content (AvgIpc) is 2.50. The molecule has 0 aliphatic rings. The maximum atomic E-state index is 11.9. The number of anilines is 1. The summed E-state index contributed by atoms with van der Waals surface area (Å²) in [4.78, 5) is 15.7. The molecule has 118 valence electrons. The molecule has 1 unspecified atom stereocenters. The Morgan fingerprint density at radius 3 is 2.62 bits per heavy atom. The number of para-hydroxylation sites is 1. The smallest absolute Gasteiger partial charge is 0.317 e. The number of aryl methyl sites for hydroxylation is 1. The minimum atomic E-state index is -0.177. The molecule has 0 heterocycles. The molecular formula is C16H27N3O2. The van der Waals surface area contributed by atoms with Gasteiger partial charge < -0.3 is 20.2 Å². The highest BCUT2D eigenvalue weighted by atomic mass is 16.3. The van der Waals surface area contributed by atoms with Crippen molar-refractivity contribution in [3.8, 4) is 0 Å². The number of benzene rings is 1. The number of likely N-dealkylation sites (N-methyl/N-ethyl adjacent to an activating group) is 2. The van der Waals surface area contributed by atoms with Gasteiger partial charge >= 0.3 is 6.03 Å². The van der Waals surface area contributed by atoms with Gasteiger partial charge in [0, 0.05) is 32.4 Å². The molecule has 1 aromatic carbocycles. The van der Waals surface area contributed by atoms with Gasteiger partial charge in [0.05, 0.1) is 12.6 Å². The van der Waals surface area contributed by atoms with E-state index in [0.29, 0.717) is 6.54 Å². The first kappa shape index (κ1) is 17.3. The highest BCUT2D eigenvalue weighted by Crippen LogP contribution is 2.18. The van der Waals surface area contributed by atoms with Crippen LogP contribution >= 0.6 is 0 Å². The third-order valence-electron chi connectivity index (χ3n) is 3.74. The van der Waals surface area contributed by atoms with E-state index in [1.54, 1.807) is 7.05 Å². The van der Waals surface area contributed by atoms with Crippen LogP contribution in [0.5, 0.6) is 0 Å². The van der Waals surface area contributed by atoms with Crippen LogP contribution in [0.25, 0.3) is 0 Å². The van der Waals surface area contributed by atoms with E-state index in [0.717, 1.165) is 13.1 Å². The molecule has 0 bridgehead atoms. The lowest BCUT2D eigenvalue weighted by Gasteiger charge is -2.27. The van der Waals surface area contributed by atoms with Crippen LogP contribution in [0.1, 0.15) is 19.4 Å². The molecule has 0 aromatic heterocycles. The van der Waals surface area contributed by atoms with Crippen molar-refractivity contribution in [3.05, 3.63) is 29.8 Å². The van der Waals surface area contributed by atoms with Crippen molar-refractivity contribution in [1.82, 2.24) is 10.2 Å². The van der Waals surface area contributed by atoms with Crippen molar-refractivity contribution in [2.45, 2.75) is 26.8 Å². The summed E-state index contributed by atoms with van der Waals surface area (Å²) in [5, 5.41) is 11.9. The Balaban J connectivity index is 2.50. The van der Waals surface area contributed by atoms with Crippen LogP contribution < -0.4 is 10.2 Å². The second-order valence-electron chi connectivity index (χ2n) is 5.24. The van der Waals surface area contributed by atoms with Gasteiger partial charge in [0.2, 0.25) is 0 Å². The van der Waals surface area contributed by atoms with Crippen LogP contribution in [0, 0.1) is 6.92 Å². The molecule has 0 radical (unpaired) electrons. The fourth-order valence-electron chi connectivity index (χ4n) is 2.11. The van der Waals surface area contributed by atoms with Crippen molar-refractivity contribution >= 4 is 11.7 Å². The monoisotopic (exact) mass is 293 g/mol. The molecule has 5 heteroatoms. The summed E-state index contributed by atoms with van der Waals surface area (Å²) in [5.41, 5.74) is 2.43. The van der Waals surface area contributed by atoms with Gasteiger partial charge in [-0.1, -0.05) is 18.2 Å². The van der Waals surface area contributed by atoms with E-state index in [2.05, 4.69) is 36.2 Å². The lowest BCUT2D eigenvalue weighted by Crippen LogP contribution is -2.46. The molecule has 1 atom stereocenters. The van der Waals surface area contributed by atoms with Crippen molar-refractivity contribution < 1.29 is 9.90 Å². The van der Waals surface area contributed by atoms with Gasteiger partial charge in [0.25, 0.3) is 0 Å². The van der Waals surface area contributed by atoms with E-state index in [-0.39, 0.29) is 18.7 Å². The number of aliphatic hydroxyl groups is 1. The molecule has 0 aliphatic carbocycles. The Labute approximate surface area is 127 Å². The normalized spacial score (nSPS) is 11.9. The van der Waals surface area contributed by atoms with Crippen LogP contribution in [0.4, 0.5) is 10.5 Å². The van der Waals surface area contributed by atoms with Crippen LogP contribution in [0.3, 0.4) is 0 Å². The number of hydrogen-bond acceptors (Lipinski definition) is 3. The fourth-order valence-corrected chi connectivity index (χ4v) is 2.11. The first-order chi connectivity index (χ1) is 10.0. The van der Waals surface area contributed by atoms with E-state index in [9.17, 15) is 4.79 Å². The van der Waals surface area contributed by atoms with Crippen molar-refractivity contribution in [2.75, 3.05) is 38.2 Å². The quantitative estimate of drug-likeness (QED) is 0.806. The zero-order valence-corrected chi connectivity index (χ0v) is 13.5. The molecule has 21 heavy (non-hydrogen) atoms. The lowest BCUT2D eigenvalue weighted by molar-refractivity contribution is 0.157. The Morgan fingerprint density at radius 1 is 1.38 bits per heavy atom. The Morgan fingerprint density at radius 2 is 2.05 bits per heavy atom. The minimum Gasteiger partial charge on any atom is -0.394 e. The van der Waals surface area contributed by atoms with E-state index in [4.69, 9.17) is 5.11 Å². The first-order valence-electron chi connectivity index (χ1n) is 7.43. The van der Waals surface area contributed by atoms with E-state index >= 15 is 0 Å². The summed E-state index contributed by atoms with van der Waals surface area (Å²) in [6, 6.07) is 7.91. The van der Waals surface area contributed by atoms with E-state index < -0.39 is 0 Å². The van der Waals surface area contributed by atoms with Gasteiger partial charge in [0.1, 0.15) is 0 Å². The standard InChI is InChI=1S/C16H27N3O2/c1-5-19(15-9-7-6-8-13(15)2)11-10-17-16(21)18(4)14(3)12-20/h6-9,14,20H,5,10-12H2,1-4H3,(H,17,21). The summed E-state index contributed by atoms with van der Waals surface area (Å²) in [7, 11) is 1.69. The molecule has 0 saturated carbocycles. The van der Waals surface area contributed by atoms with Crippen LogP contribution in [-0.2, 0) is 0 Å². The predicted molar refractivity (Wildman–Crippen MR) is 86.8 cm³/mol. The summed E-state index contributed by atoms with van der Waals surface area (Å²) in [6.45, 7) is 8.20. The molecule has 0 fully saturated rings. The summed E-state index contributed by atoms with van der Waals surface area (Å²) >= 11 is 0. The molecule has 2 amide bonds. The summed E-state index contributed by atoms with van der Waals surface area (Å²) < 4.78 is 0. The Hall–Kier alpha value is -1.75. The summed E-state index contributed by atoms with van der Waals surface area (Å²) in [5.74, 6) is 0. The van der Waals surface area contributed by atoms with Crippen molar-refractivity contribution in [2.24, 2.45) is 0 Å². The third kappa shape index (κ3) is 4.93. The Kier molecular flexibility index (Phi) is 7.02. The number of hydrogen-bond donors (Lipinski definition) is 2. The number of carbonyl (C=O) groups excluding carboxylic acids is 1. The van der Waals surface area contributed by atoms with Crippen LogP contribution in [0.15, 0.2) is 24.3 Å². The van der Waals surface area contributed by atoms with E-state index in [1.807, 2.05) is 19.1 Å². The van der Waals surface area contributed by atoms with Gasteiger partial charge in [-0.15, -0.1) is 0 Å². The highest BCUT2D eigenvalue weighted by Gasteiger charge is 2.14. The fraction of sp³-hybridized carbons (Fsp3) is 0.562. The number of rotatable bonds is 7. The third-order valence-corrected chi connectivity index (χ3v) is 3.74. The maximum absolute atomic E-state index is 11.9. The summed E-state index contributed by atoms with van der Waals surface area (Å²) in [6.07, 6.45) is 0. The average molecular weight is 293 g/mol. The second kappa shape index (κ2) is 8.52. The Bertz CT molecular complexity index is 451. The minimum absolute atomic E-state index is 0.0335. The molecule has 0 saturated heterocycles. The number of nitrogens with zero attached hydrogens (tertiary/aromatic N) is 2. The van der Waals surface area contributed by atoms with E-state index in [1.165, 1.54) is 16.2 Å². The van der Waals surface area contributed by atoms with Gasteiger partial charge in [-0.05, 0) is 32.4 Å². The topological polar surface area (TPSA) is 55.8 Å². The van der Waals surface area contributed by atoms with Gasteiger partial charge in [-0.25, -0.2) is 4.79 Å². The predicted octanol–water partition coefficient (Wildman–Crippen LogP) is 1.84. The number of nitrogens with one attached hydrogen (secondary N) is 1. The SMILES string of the molecule is CCN(CCNC(=O)N(C)C(C)CO)c1ccccc1C. The van der Waals surface area contributed by atoms with Crippen LogP contribution in [0.2, 0.25) is 0 Å². The first-order valence-corrected chi connectivity index (χ1v) is 7.43. The number of urea groups is 1. The number of amides is 2. The molecular weight excluding hydrogens is 266 g/mol.